The summed E-state index contributed by atoms with van der Waals surface area (Å²) in [5.74, 6) is 0. The Morgan fingerprint density at radius 1 is 0.923 bits per heavy atom. The predicted molar refractivity (Wildman–Crippen MR) is 103 cm³/mol. The summed E-state index contributed by atoms with van der Waals surface area (Å²) >= 11 is 0. The topological polar surface area (TPSA) is 40.9 Å². The van der Waals surface area contributed by atoms with Gasteiger partial charge in [0.15, 0.2) is 0 Å². The number of fused-ring (bicyclic) bond motifs is 1. The molecular weight excluding hydrogens is 324 g/mol. The average molecular weight is 348 g/mol. The minimum Gasteiger partial charge on any atom is -0.297 e. The first-order valence-electron chi connectivity index (χ1n) is 9.15. The number of rotatable bonds is 4. The standard InChI is InChI=1S/C21H24N4O/c1-17-7-8-20-22-19(13-21(26)25(20)14-17)16-24-11-9-23(10-12-24)15-18-5-3-2-4-6-18/h2-8,13-14H,9-12,15-16H2,1H3. The Kier molecular flexibility index (Phi) is 4.82. The molecule has 0 atom stereocenters. The Labute approximate surface area is 153 Å². The van der Waals surface area contributed by atoms with E-state index < -0.39 is 0 Å². The van der Waals surface area contributed by atoms with Crippen molar-refractivity contribution in [2.45, 2.75) is 20.0 Å². The van der Waals surface area contributed by atoms with Gasteiger partial charge in [0.2, 0.25) is 0 Å². The molecule has 0 saturated carbocycles. The van der Waals surface area contributed by atoms with Crippen LogP contribution >= 0.6 is 0 Å². The molecule has 1 saturated heterocycles. The summed E-state index contributed by atoms with van der Waals surface area (Å²) in [6.07, 6.45) is 1.84. The molecule has 0 N–H and O–H groups in total. The lowest BCUT2D eigenvalue weighted by atomic mass is 10.2. The van der Waals surface area contributed by atoms with Crippen molar-refractivity contribution in [3.8, 4) is 0 Å². The van der Waals surface area contributed by atoms with E-state index in [0.29, 0.717) is 0 Å². The lowest BCUT2D eigenvalue weighted by Gasteiger charge is -2.34. The highest BCUT2D eigenvalue weighted by atomic mass is 16.1. The van der Waals surface area contributed by atoms with Crippen LogP contribution in [-0.4, -0.2) is 45.4 Å². The van der Waals surface area contributed by atoms with E-state index in [1.165, 1.54) is 5.56 Å². The Balaban J connectivity index is 1.39. The number of pyridine rings is 1. The van der Waals surface area contributed by atoms with Gasteiger partial charge in [-0.15, -0.1) is 0 Å². The van der Waals surface area contributed by atoms with E-state index in [-0.39, 0.29) is 5.56 Å². The number of nitrogens with zero attached hydrogens (tertiary/aromatic N) is 4. The number of benzene rings is 1. The molecule has 2 aromatic heterocycles. The number of hydrogen-bond donors (Lipinski definition) is 0. The van der Waals surface area contributed by atoms with Gasteiger partial charge in [0, 0.05) is 51.5 Å². The minimum absolute atomic E-state index is 0.00332. The van der Waals surface area contributed by atoms with Crippen molar-refractivity contribution in [2.24, 2.45) is 0 Å². The van der Waals surface area contributed by atoms with Crippen molar-refractivity contribution in [3.63, 3.8) is 0 Å². The summed E-state index contributed by atoms with van der Waals surface area (Å²) in [7, 11) is 0. The van der Waals surface area contributed by atoms with Gasteiger partial charge in [0.1, 0.15) is 5.65 Å². The van der Waals surface area contributed by atoms with Gasteiger partial charge in [0.25, 0.3) is 5.56 Å². The lowest BCUT2D eigenvalue weighted by molar-refractivity contribution is 0.121. The van der Waals surface area contributed by atoms with Crippen LogP contribution in [0.2, 0.25) is 0 Å². The molecule has 1 fully saturated rings. The highest BCUT2D eigenvalue weighted by molar-refractivity contribution is 5.39. The number of piperazine rings is 1. The van der Waals surface area contributed by atoms with E-state index in [9.17, 15) is 4.79 Å². The average Bonchev–Trinajstić information content (AvgIpc) is 2.65. The highest BCUT2D eigenvalue weighted by Crippen LogP contribution is 2.11. The Hall–Kier alpha value is -2.50. The third-order valence-electron chi connectivity index (χ3n) is 4.96. The summed E-state index contributed by atoms with van der Waals surface area (Å²) in [4.78, 5) is 21.9. The normalized spacial score (nSPS) is 16.2. The van der Waals surface area contributed by atoms with Crippen LogP contribution in [0.5, 0.6) is 0 Å². The number of aromatic nitrogens is 2. The molecule has 0 radical (unpaired) electrons. The van der Waals surface area contributed by atoms with Crippen molar-refractivity contribution >= 4 is 5.65 Å². The molecule has 0 aliphatic carbocycles. The molecule has 3 aromatic rings. The molecule has 4 rings (SSSR count). The maximum atomic E-state index is 12.3. The van der Waals surface area contributed by atoms with Crippen molar-refractivity contribution in [1.82, 2.24) is 19.2 Å². The van der Waals surface area contributed by atoms with Crippen LogP contribution < -0.4 is 5.56 Å². The maximum Gasteiger partial charge on any atom is 0.258 e. The number of hydrogen-bond acceptors (Lipinski definition) is 4. The van der Waals surface area contributed by atoms with Crippen LogP contribution in [0.25, 0.3) is 5.65 Å². The van der Waals surface area contributed by atoms with E-state index in [1.807, 2.05) is 25.3 Å². The third kappa shape index (κ3) is 3.84. The predicted octanol–water partition coefficient (Wildman–Crippen LogP) is 2.32. The second-order valence-electron chi connectivity index (χ2n) is 7.06. The molecule has 5 heteroatoms. The fourth-order valence-corrected chi connectivity index (χ4v) is 3.52. The van der Waals surface area contributed by atoms with Crippen LogP contribution in [0.1, 0.15) is 16.8 Å². The van der Waals surface area contributed by atoms with Crippen molar-refractivity contribution in [3.05, 3.63) is 81.9 Å². The third-order valence-corrected chi connectivity index (χ3v) is 4.96. The zero-order valence-electron chi connectivity index (χ0n) is 15.1. The van der Waals surface area contributed by atoms with Crippen LogP contribution in [0.3, 0.4) is 0 Å². The van der Waals surface area contributed by atoms with Gasteiger partial charge in [0.05, 0.1) is 5.69 Å². The Bertz CT molecular complexity index is 943. The van der Waals surface area contributed by atoms with Crippen molar-refractivity contribution in [1.29, 1.82) is 0 Å². The first kappa shape index (κ1) is 16.9. The molecule has 0 amide bonds. The zero-order valence-corrected chi connectivity index (χ0v) is 15.1. The van der Waals surface area contributed by atoms with Gasteiger partial charge < -0.3 is 0 Å². The molecule has 1 aliphatic heterocycles. The van der Waals surface area contributed by atoms with Gasteiger partial charge >= 0.3 is 0 Å². The molecule has 1 aromatic carbocycles. The molecule has 0 bridgehead atoms. The molecule has 0 unspecified atom stereocenters. The van der Waals surface area contributed by atoms with Gasteiger partial charge in [-0.2, -0.15) is 0 Å². The summed E-state index contributed by atoms with van der Waals surface area (Å²) in [5.41, 5.74) is 4.00. The van der Waals surface area contributed by atoms with E-state index in [2.05, 4.69) is 45.1 Å². The van der Waals surface area contributed by atoms with Crippen LogP contribution in [0, 0.1) is 6.92 Å². The van der Waals surface area contributed by atoms with E-state index in [4.69, 9.17) is 0 Å². The SMILES string of the molecule is Cc1ccc2nc(CN3CCN(Cc4ccccc4)CC3)cc(=O)n2c1. The molecule has 0 spiro atoms. The summed E-state index contributed by atoms with van der Waals surface area (Å²) in [6.45, 7) is 7.81. The van der Waals surface area contributed by atoms with E-state index in [0.717, 1.165) is 56.2 Å². The first-order valence-corrected chi connectivity index (χ1v) is 9.15. The first-order chi connectivity index (χ1) is 12.7. The van der Waals surface area contributed by atoms with E-state index in [1.54, 1.807) is 10.5 Å². The molecule has 3 heterocycles. The largest absolute Gasteiger partial charge is 0.297 e. The summed E-state index contributed by atoms with van der Waals surface area (Å²) in [5, 5.41) is 0. The zero-order chi connectivity index (χ0) is 17.9. The molecule has 26 heavy (non-hydrogen) atoms. The second-order valence-corrected chi connectivity index (χ2v) is 7.06. The monoisotopic (exact) mass is 348 g/mol. The van der Waals surface area contributed by atoms with Crippen LogP contribution in [0.4, 0.5) is 0 Å². The molecular formula is C21H24N4O. The smallest absolute Gasteiger partial charge is 0.258 e. The quantitative estimate of drug-likeness (QED) is 0.726. The molecule has 5 nitrogen and oxygen atoms in total. The lowest BCUT2D eigenvalue weighted by Crippen LogP contribution is -2.45. The minimum atomic E-state index is -0.00332. The van der Waals surface area contributed by atoms with Crippen molar-refractivity contribution in [2.75, 3.05) is 26.2 Å². The van der Waals surface area contributed by atoms with Crippen LogP contribution in [-0.2, 0) is 13.1 Å². The molecule has 134 valence electrons. The van der Waals surface area contributed by atoms with Gasteiger partial charge in [-0.3, -0.25) is 19.0 Å². The summed E-state index contributed by atoms with van der Waals surface area (Å²) < 4.78 is 1.62. The summed E-state index contributed by atoms with van der Waals surface area (Å²) in [6, 6.07) is 16.2. The Morgan fingerprint density at radius 3 is 2.35 bits per heavy atom. The highest BCUT2D eigenvalue weighted by Gasteiger charge is 2.18. The van der Waals surface area contributed by atoms with Crippen molar-refractivity contribution < 1.29 is 0 Å². The number of aryl methyl sites for hydroxylation is 1. The van der Waals surface area contributed by atoms with Crippen LogP contribution in [0.15, 0.2) is 59.5 Å². The molecule has 1 aliphatic rings. The fraction of sp³-hybridized carbons (Fsp3) is 0.333. The maximum absolute atomic E-state index is 12.3. The Morgan fingerprint density at radius 2 is 1.62 bits per heavy atom. The van der Waals surface area contributed by atoms with E-state index >= 15 is 0 Å². The van der Waals surface area contributed by atoms with Gasteiger partial charge in [-0.05, 0) is 24.1 Å². The van der Waals surface area contributed by atoms with Gasteiger partial charge in [-0.25, -0.2) is 4.98 Å². The second kappa shape index (κ2) is 7.40. The fourth-order valence-electron chi connectivity index (χ4n) is 3.52. The van der Waals surface area contributed by atoms with Gasteiger partial charge in [-0.1, -0.05) is 36.4 Å².